The van der Waals surface area contributed by atoms with E-state index in [9.17, 15) is 18.0 Å². The van der Waals surface area contributed by atoms with Crippen LogP contribution in [0.4, 0.5) is 19.0 Å². The summed E-state index contributed by atoms with van der Waals surface area (Å²) in [5.41, 5.74) is 11.5. The molecule has 2 saturated carbocycles. The lowest BCUT2D eigenvalue weighted by atomic mass is 9.90. The van der Waals surface area contributed by atoms with Gasteiger partial charge in [0.15, 0.2) is 0 Å². The molecule has 0 atom stereocenters. The molecule has 0 bridgehead atoms. The van der Waals surface area contributed by atoms with Crippen LogP contribution in [-0.4, -0.2) is 39.4 Å². The fourth-order valence-electron chi connectivity index (χ4n) is 4.32. The molecule has 1 heterocycles. The lowest BCUT2D eigenvalue weighted by Gasteiger charge is -2.36. The normalized spacial score (nSPS) is 21.7. The highest BCUT2D eigenvalue weighted by molar-refractivity contribution is 5.45. The second-order valence-electron chi connectivity index (χ2n) is 8.79. The van der Waals surface area contributed by atoms with E-state index in [4.69, 9.17) is 11.5 Å². The van der Waals surface area contributed by atoms with E-state index in [1.165, 1.54) is 18.3 Å². The van der Waals surface area contributed by atoms with E-state index in [-0.39, 0.29) is 29.3 Å². The van der Waals surface area contributed by atoms with Crippen LogP contribution in [0.15, 0.2) is 35.3 Å². The predicted molar refractivity (Wildman–Crippen MR) is 114 cm³/mol. The van der Waals surface area contributed by atoms with Crippen LogP contribution in [-0.2, 0) is 6.54 Å². The minimum atomic E-state index is -4.85. The van der Waals surface area contributed by atoms with Crippen LogP contribution >= 0.6 is 0 Å². The molecule has 10 heteroatoms. The molecular weight excluding hydrogens is 423 g/mol. The van der Waals surface area contributed by atoms with Crippen molar-refractivity contribution in [2.75, 3.05) is 12.3 Å². The van der Waals surface area contributed by atoms with Crippen LogP contribution in [0.2, 0.25) is 0 Å². The van der Waals surface area contributed by atoms with Gasteiger partial charge in [0.2, 0.25) is 0 Å². The number of rotatable bonds is 7. The number of hydrogen-bond donors (Lipinski definition) is 2. The second-order valence-corrected chi connectivity index (χ2v) is 8.79. The van der Waals surface area contributed by atoms with Crippen molar-refractivity contribution in [2.45, 2.75) is 63.5 Å². The van der Waals surface area contributed by atoms with Gasteiger partial charge in [-0.25, -0.2) is 4.79 Å². The highest BCUT2D eigenvalue weighted by Crippen LogP contribution is 2.35. The molecule has 4 rings (SSSR count). The molecule has 0 saturated heterocycles. The molecular formula is C22H28F3N5O2. The molecule has 2 fully saturated rings. The molecule has 0 aliphatic heterocycles. The van der Waals surface area contributed by atoms with Crippen LogP contribution < -0.4 is 21.9 Å². The summed E-state index contributed by atoms with van der Waals surface area (Å²) in [6.07, 6.45) is 2.55. The van der Waals surface area contributed by atoms with Crippen LogP contribution in [0.25, 0.3) is 5.69 Å². The van der Waals surface area contributed by atoms with E-state index in [2.05, 4.69) is 14.6 Å². The topological polar surface area (TPSA) is 99.4 Å². The van der Waals surface area contributed by atoms with E-state index < -0.39 is 12.1 Å². The zero-order valence-corrected chi connectivity index (χ0v) is 17.7. The molecule has 0 amide bonds. The predicted octanol–water partition coefficient (Wildman–Crippen LogP) is 3.20. The fourth-order valence-corrected chi connectivity index (χ4v) is 4.32. The third kappa shape index (κ3) is 5.80. The van der Waals surface area contributed by atoms with Crippen molar-refractivity contribution >= 4 is 5.82 Å². The minimum Gasteiger partial charge on any atom is -0.405 e. The molecule has 4 N–H and O–H groups in total. The lowest BCUT2D eigenvalue weighted by molar-refractivity contribution is -0.275. The Hall–Kier alpha value is -2.59. The number of nitrogens with two attached hydrogens (primary N) is 2. The summed E-state index contributed by atoms with van der Waals surface area (Å²) in [4.78, 5) is 18.1. The first-order chi connectivity index (χ1) is 15.2. The Kier molecular flexibility index (Phi) is 6.43. The Bertz CT molecular complexity index is 998. The summed E-state index contributed by atoms with van der Waals surface area (Å²) in [7, 11) is 0. The van der Waals surface area contributed by atoms with Gasteiger partial charge in [-0.05, 0) is 56.6 Å². The van der Waals surface area contributed by atoms with Gasteiger partial charge < -0.3 is 16.2 Å². The third-order valence-electron chi connectivity index (χ3n) is 6.20. The summed E-state index contributed by atoms with van der Waals surface area (Å²) in [6, 6.07) is 6.32. The molecule has 2 aromatic rings. The number of alkyl halides is 3. The average molecular weight is 451 g/mol. The van der Waals surface area contributed by atoms with E-state index in [1.807, 2.05) is 0 Å². The Morgan fingerprint density at radius 1 is 1.12 bits per heavy atom. The van der Waals surface area contributed by atoms with Crippen LogP contribution in [0.3, 0.4) is 0 Å². The molecule has 2 aliphatic rings. The Balaban J connectivity index is 1.64. The van der Waals surface area contributed by atoms with Crippen molar-refractivity contribution in [3.63, 3.8) is 0 Å². The maximum atomic E-state index is 13.2. The molecule has 32 heavy (non-hydrogen) atoms. The number of anilines is 1. The first-order valence-electron chi connectivity index (χ1n) is 10.9. The van der Waals surface area contributed by atoms with Crippen molar-refractivity contribution in [1.29, 1.82) is 0 Å². The van der Waals surface area contributed by atoms with Crippen molar-refractivity contribution in [3.05, 3.63) is 46.5 Å². The quantitative estimate of drug-likeness (QED) is 0.671. The van der Waals surface area contributed by atoms with E-state index in [0.717, 1.165) is 49.6 Å². The second kappa shape index (κ2) is 9.11. The third-order valence-corrected chi connectivity index (χ3v) is 6.20. The molecule has 0 spiro atoms. The van der Waals surface area contributed by atoms with Crippen molar-refractivity contribution in [2.24, 2.45) is 11.7 Å². The van der Waals surface area contributed by atoms with Gasteiger partial charge in [0.25, 0.3) is 0 Å². The lowest BCUT2D eigenvalue weighted by Crippen LogP contribution is -2.41. The largest absolute Gasteiger partial charge is 0.573 e. The van der Waals surface area contributed by atoms with Gasteiger partial charge in [-0.15, -0.1) is 13.2 Å². The monoisotopic (exact) mass is 451 g/mol. The summed E-state index contributed by atoms with van der Waals surface area (Å²) in [5.74, 6) is 0.320. The van der Waals surface area contributed by atoms with Gasteiger partial charge in [0.1, 0.15) is 11.6 Å². The first-order valence-corrected chi connectivity index (χ1v) is 10.9. The molecule has 2 aliphatic carbocycles. The maximum Gasteiger partial charge on any atom is 0.573 e. The molecule has 0 unspecified atom stereocenters. The number of ether oxygens (including phenoxy) is 1. The number of aromatic nitrogens is 2. The van der Waals surface area contributed by atoms with Crippen molar-refractivity contribution in [1.82, 2.24) is 14.5 Å². The Morgan fingerprint density at radius 2 is 1.84 bits per heavy atom. The van der Waals surface area contributed by atoms with Crippen LogP contribution in [0.5, 0.6) is 5.75 Å². The molecule has 1 aromatic heterocycles. The number of hydrogen-bond acceptors (Lipinski definition) is 6. The smallest absolute Gasteiger partial charge is 0.405 e. The van der Waals surface area contributed by atoms with E-state index in [1.54, 1.807) is 12.1 Å². The van der Waals surface area contributed by atoms with Crippen LogP contribution in [0, 0.1) is 5.92 Å². The molecule has 174 valence electrons. The van der Waals surface area contributed by atoms with E-state index in [0.29, 0.717) is 18.0 Å². The van der Waals surface area contributed by atoms with E-state index >= 15 is 0 Å². The zero-order chi connectivity index (χ0) is 22.9. The highest BCUT2D eigenvalue weighted by Gasteiger charge is 2.34. The van der Waals surface area contributed by atoms with Gasteiger partial charge >= 0.3 is 12.1 Å². The number of halogens is 3. The fraction of sp³-hybridized carbons (Fsp3) is 0.545. The molecule has 0 radical (unpaired) electrons. The zero-order valence-electron chi connectivity index (χ0n) is 17.7. The standard InChI is InChI=1S/C22H28F3N5O2/c23-22(24,25)32-19-11-18(30-10-9-20(27)28-21(30)31)6-3-15(19)13-29(12-14-1-2-14)17-7-4-16(26)5-8-17/h3,6,9-11,14,16-17H,1-2,4-5,7-8,12-13,26H2,(H2,27,28,31). The van der Waals surface area contributed by atoms with Crippen LogP contribution in [0.1, 0.15) is 44.1 Å². The number of nitrogens with zero attached hydrogens (tertiary/aromatic N) is 3. The molecule has 1 aromatic carbocycles. The Labute approximate surface area is 184 Å². The first kappa shape index (κ1) is 22.6. The maximum absolute atomic E-state index is 13.2. The Morgan fingerprint density at radius 3 is 2.47 bits per heavy atom. The van der Waals surface area contributed by atoms with Gasteiger partial charge in [0, 0.05) is 43.0 Å². The van der Waals surface area contributed by atoms with Gasteiger partial charge in [-0.2, -0.15) is 4.98 Å². The summed E-state index contributed by atoms with van der Waals surface area (Å²) in [6.45, 7) is 1.20. The van der Waals surface area contributed by atoms with Gasteiger partial charge in [0.05, 0.1) is 5.69 Å². The van der Waals surface area contributed by atoms with Gasteiger partial charge in [-0.3, -0.25) is 9.47 Å². The molecule has 7 nitrogen and oxygen atoms in total. The summed E-state index contributed by atoms with van der Waals surface area (Å²) < 4.78 is 45.1. The SMILES string of the molecule is Nc1ccn(-c2ccc(CN(CC3CC3)C3CCC(N)CC3)c(OC(F)(F)F)c2)c(=O)n1. The van der Waals surface area contributed by atoms with Crippen molar-refractivity contribution < 1.29 is 17.9 Å². The summed E-state index contributed by atoms with van der Waals surface area (Å²) in [5, 5.41) is 0. The summed E-state index contributed by atoms with van der Waals surface area (Å²) >= 11 is 0. The average Bonchev–Trinajstić information content (AvgIpc) is 3.52. The minimum absolute atomic E-state index is 0.0394. The number of benzene rings is 1. The highest BCUT2D eigenvalue weighted by atomic mass is 19.4. The number of nitrogen functional groups attached to an aromatic ring is 1. The van der Waals surface area contributed by atoms with Gasteiger partial charge in [-0.1, -0.05) is 6.07 Å². The van der Waals surface area contributed by atoms with Crippen molar-refractivity contribution in [3.8, 4) is 11.4 Å².